The van der Waals surface area contributed by atoms with Gasteiger partial charge in [0.15, 0.2) is 0 Å². The minimum atomic E-state index is 0.973. The number of hydrogen-bond acceptors (Lipinski definition) is 1. The second-order valence-corrected chi connectivity index (χ2v) is 5.20. The first-order chi connectivity index (χ1) is 9.25. The van der Waals surface area contributed by atoms with E-state index >= 15 is 0 Å². The molecule has 0 heterocycles. The molecular weight excluding hydrogens is 230 g/mol. The molecule has 0 radical (unpaired) electrons. The summed E-state index contributed by atoms with van der Waals surface area (Å²) >= 11 is 0. The topological polar surface area (TPSA) is 12.0 Å². The van der Waals surface area contributed by atoms with Crippen molar-refractivity contribution in [3.63, 3.8) is 0 Å². The van der Waals surface area contributed by atoms with E-state index < -0.39 is 0 Å². The van der Waals surface area contributed by atoms with Gasteiger partial charge in [-0.25, -0.2) is 0 Å². The maximum absolute atomic E-state index is 3.53. The first-order valence-corrected chi connectivity index (χ1v) is 7.06. The van der Waals surface area contributed by atoms with Gasteiger partial charge in [-0.15, -0.1) is 0 Å². The number of rotatable bonds is 6. The van der Waals surface area contributed by atoms with E-state index in [0.29, 0.717) is 0 Å². The number of aryl methyl sites for hydroxylation is 3. The average molecular weight is 253 g/mol. The van der Waals surface area contributed by atoms with Crippen molar-refractivity contribution in [1.29, 1.82) is 0 Å². The monoisotopic (exact) mass is 253 g/mol. The summed E-state index contributed by atoms with van der Waals surface area (Å²) in [5, 5.41) is 3.53. The zero-order valence-electron chi connectivity index (χ0n) is 11.9. The minimum Gasteiger partial charge on any atom is -0.313 e. The van der Waals surface area contributed by atoms with Crippen LogP contribution in [0.4, 0.5) is 0 Å². The summed E-state index contributed by atoms with van der Waals surface area (Å²) in [7, 11) is 0. The summed E-state index contributed by atoms with van der Waals surface area (Å²) in [6.45, 7) is 6.38. The lowest BCUT2D eigenvalue weighted by Crippen LogP contribution is -2.16. The number of hydrogen-bond donors (Lipinski definition) is 1. The van der Waals surface area contributed by atoms with Crippen LogP contribution < -0.4 is 5.32 Å². The molecule has 0 bridgehead atoms. The van der Waals surface area contributed by atoms with E-state index in [9.17, 15) is 0 Å². The quantitative estimate of drug-likeness (QED) is 0.767. The molecule has 0 amide bonds. The van der Waals surface area contributed by atoms with E-state index in [4.69, 9.17) is 0 Å². The highest BCUT2D eigenvalue weighted by atomic mass is 14.8. The molecule has 0 aromatic heterocycles. The molecular formula is C18H23N. The summed E-state index contributed by atoms with van der Waals surface area (Å²) in [5.41, 5.74) is 5.56. The Morgan fingerprint density at radius 2 is 1.74 bits per heavy atom. The number of nitrogens with one attached hydrogen (secondary N) is 1. The van der Waals surface area contributed by atoms with Gasteiger partial charge in [-0.05, 0) is 49.9 Å². The molecule has 1 nitrogen and oxygen atoms in total. The lowest BCUT2D eigenvalue weighted by Gasteiger charge is -2.08. The Bertz CT molecular complexity index is 502. The molecule has 0 unspecified atom stereocenters. The summed E-state index contributed by atoms with van der Waals surface area (Å²) < 4.78 is 0. The zero-order chi connectivity index (χ0) is 13.5. The Morgan fingerprint density at radius 3 is 2.47 bits per heavy atom. The lowest BCUT2D eigenvalue weighted by atomic mass is 10.1. The smallest absolute Gasteiger partial charge is 0.0208 e. The Labute approximate surface area is 116 Å². The van der Waals surface area contributed by atoms with Crippen LogP contribution >= 0.6 is 0 Å². The third-order valence-electron chi connectivity index (χ3n) is 3.48. The molecule has 0 saturated carbocycles. The van der Waals surface area contributed by atoms with Gasteiger partial charge in [0, 0.05) is 6.54 Å². The van der Waals surface area contributed by atoms with Gasteiger partial charge in [0.25, 0.3) is 0 Å². The predicted octanol–water partition coefficient (Wildman–Crippen LogP) is 4.03. The molecule has 19 heavy (non-hydrogen) atoms. The van der Waals surface area contributed by atoms with Gasteiger partial charge in [-0.1, -0.05) is 54.1 Å². The first kappa shape index (κ1) is 13.8. The largest absolute Gasteiger partial charge is 0.313 e. The van der Waals surface area contributed by atoms with Crippen LogP contribution in [0.1, 0.15) is 28.7 Å². The van der Waals surface area contributed by atoms with Crippen LogP contribution in [0.2, 0.25) is 0 Å². The lowest BCUT2D eigenvalue weighted by molar-refractivity contribution is 0.648. The second-order valence-electron chi connectivity index (χ2n) is 5.20. The molecule has 1 N–H and O–H groups in total. The highest BCUT2D eigenvalue weighted by Crippen LogP contribution is 2.10. The maximum Gasteiger partial charge on any atom is 0.0208 e. The molecule has 0 spiro atoms. The van der Waals surface area contributed by atoms with E-state index in [0.717, 1.165) is 19.5 Å². The van der Waals surface area contributed by atoms with Crippen LogP contribution in [-0.4, -0.2) is 6.54 Å². The first-order valence-electron chi connectivity index (χ1n) is 7.06. The molecule has 0 aliphatic carbocycles. The molecule has 2 aromatic carbocycles. The van der Waals surface area contributed by atoms with E-state index in [1.54, 1.807) is 0 Å². The maximum atomic E-state index is 3.53. The number of benzene rings is 2. The van der Waals surface area contributed by atoms with E-state index in [1.165, 1.54) is 28.7 Å². The summed E-state index contributed by atoms with van der Waals surface area (Å²) in [4.78, 5) is 0. The molecule has 0 fully saturated rings. The molecule has 2 rings (SSSR count). The molecule has 0 aliphatic rings. The normalized spacial score (nSPS) is 10.6. The van der Waals surface area contributed by atoms with Crippen LogP contribution in [0.3, 0.4) is 0 Å². The van der Waals surface area contributed by atoms with Crippen molar-refractivity contribution in [3.05, 3.63) is 70.8 Å². The standard InChI is InChI=1S/C18H23N/c1-15-10-11-18(16(2)13-15)14-19-12-6-9-17-7-4-3-5-8-17/h3-5,7-8,10-11,13,19H,6,9,12,14H2,1-2H3. The van der Waals surface area contributed by atoms with Crippen LogP contribution in [-0.2, 0) is 13.0 Å². The average Bonchev–Trinajstić information content (AvgIpc) is 2.42. The molecule has 2 aromatic rings. The minimum absolute atomic E-state index is 0.973. The second kappa shape index (κ2) is 7.10. The van der Waals surface area contributed by atoms with Crippen molar-refractivity contribution in [2.75, 3.05) is 6.54 Å². The molecule has 0 aliphatic heterocycles. The van der Waals surface area contributed by atoms with E-state index in [2.05, 4.69) is 67.7 Å². The summed E-state index contributed by atoms with van der Waals surface area (Å²) in [6.07, 6.45) is 2.34. The molecule has 1 heteroatoms. The van der Waals surface area contributed by atoms with Crippen LogP contribution in [0, 0.1) is 13.8 Å². The van der Waals surface area contributed by atoms with Crippen LogP contribution in [0.15, 0.2) is 48.5 Å². The highest BCUT2D eigenvalue weighted by molar-refractivity contribution is 5.30. The van der Waals surface area contributed by atoms with Crippen molar-refractivity contribution < 1.29 is 0 Å². The van der Waals surface area contributed by atoms with Gasteiger partial charge in [0.2, 0.25) is 0 Å². The third kappa shape index (κ3) is 4.53. The van der Waals surface area contributed by atoms with E-state index in [-0.39, 0.29) is 0 Å². The van der Waals surface area contributed by atoms with Gasteiger partial charge in [0.1, 0.15) is 0 Å². The predicted molar refractivity (Wildman–Crippen MR) is 82.4 cm³/mol. The van der Waals surface area contributed by atoms with Crippen LogP contribution in [0.25, 0.3) is 0 Å². The fourth-order valence-corrected chi connectivity index (χ4v) is 2.33. The summed E-state index contributed by atoms with van der Waals surface area (Å²) in [5.74, 6) is 0. The van der Waals surface area contributed by atoms with Gasteiger partial charge in [0.05, 0.1) is 0 Å². The SMILES string of the molecule is Cc1ccc(CNCCCc2ccccc2)c(C)c1. The van der Waals surface area contributed by atoms with Crippen molar-refractivity contribution in [2.24, 2.45) is 0 Å². The molecule has 100 valence electrons. The van der Waals surface area contributed by atoms with Crippen molar-refractivity contribution in [1.82, 2.24) is 5.32 Å². The fourth-order valence-electron chi connectivity index (χ4n) is 2.33. The Kier molecular flexibility index (Phi) is 5.17. The summed E-state index contributed by atoms with van der Waals surface area (Å²) in [6, 6.07) is 17.4. The fraction of sp³-hybridized carbons (Fsp3) is 0.333. The Balaban J connectivity index is 1.69. The third-order valence-corrected chi connectivity index (χ3v) is 3.48. The van der Waals surface area contributed by atoms with Crippen molar-refractivity contribution in [3.8, 4) is 0 Å². The van der Waals surface area contributed by atoms with E-state index in [1.807, 2.05) is 0 Å². The van der Waals surface area contributed by atoms with Gasteiger partial charge < -0.3 is 5.32 Å². The van der Waals surface area contributed by atoms with Gasteiger partial charge in [-0.3, -0.25) is 0 Å². The Hall–Kier alpha value is -1.60. The zero-order valence-corrected chi connectivity index (χ0v) is 11.9. The van der Waals surface area contributed by atoms with Crippen LogP contribution in [0.5, 0.6) is 0 Å². The van der Waals surface area contributed by atoms with Crippen molar-refractivity contribution >= 4 is 0 Å². The highest BCUT2D eigenvalue weighted by Gasteiger charge is 1.98. The van der Waals surface area contributed by atoms with Gasteiger partial charge >= 0.3 is 0 Å². The molecule has 0 saturated heterocycles. The van der Waals surface area contributed by atoms with Gasteiger partial charge in [-0.2, -0.15) is 0 Å². The Morgan fingerprint density at radius 1 is 0.947 bits per heavy atom. The van der Waals surface area contributed by atoms with Crippen molar-refractivity contribution in [2.45, 2.75) is 33.2 Å². The molecule has 0 atom stereocenters.